The number of anilines is 1. The molecule has 1 aliphatic rings. The van der Waals surface area contributed by atoms with E-state index < -0.39 is 0 Å². The van der Waals surface area contributed by atoms with Gasteiger partial charge in [-0.05, 0) is 43.1 Å². The molecule has 21 heavy (non-hydrogen) atoms. The fraction of sp³-hybridized carbons (Fsp3) is 0.333. The lowest BCUT2D eigenvalue weighted by molar-refractivity contribution is 0.569. The number of nitrogens with zero attached hydrogens (tertiary/aromatic N) is 1. The first-order valence-electron chi connectivity index (χ1n) is 7.53. The highest BCUT2D eigenvalue weighted by atomic mass is 19.1. The predicted molar refractivity (Wildman–Crippen MR) is 85.2 cm³/mol. The molecule has 0 spiro atoms. The maximum atomic E-state index is 13.8. The molecule has 1 N–H and O–H groups in total. The minimum atomic E-state index is -0.124. The quantitative estimate of drug-likeness (QED) is 0.905. The van der Waals surface area contributed by atoms with Crippen molar-refractivity contribution in [2.24, 2.45) is 0 Å². The number of nitrogens with one attached hydrogen (secondary N) is 1. The van der Waals surface area contributed by atoms with Crippen molar-refractivity contribution in [3.05, 3.63) is 65.5 Å². The van der Waals surface area contributed by atoms with Gasteiger partial charge in [0, 0.05) is 24.8 Å². The summed E-state index contributed by atoms with van der Waals surface area (Å²) >= 11 is 0. The number of halogens is 1. The van der Waals surface area contributed by atoms with Gasteiger partial charge in [0.1, 0.15) is 5.82 Å². The molecular weight excluding hydrogens is 263 g/mol. The van der Waals surface area contributed by atoms with Crippen molar-refractivity contribution >= 4 is 5.69 Å². The first-order valence-corrected chi connectivity index (χ1v) is 7.53. The van der Waals surface area contributed by atoms with Gasteiger partial charge in [0.15, 0.2) is 0 Å². The van der Waals surface area contributed by atoms with Crippen LogP contribution in [0.3, 0.4) is 0 Å². The van der Waals surface area contributed by atoms with E-state index in [4.69, 9.17) is 0 Å². The minimum absolute atomic E-state index is 0.124. The van der Waals surface area contributed by atoms with Crippen molar-refractivity contribution in [2.75, 3.05) is 24.5 Å². The van der Waals surface area contributed by atoms with Crippen LogP contribution in [0.5, 0.6) is 0 Å². The van der Waals surface area contributed by atoms with Gasteiger partial charge in [-0.15, -0.1) is 0 Å². The molecule has 1 atom stereocenters. The Hall–Kier alpha value is -1.87. The molecule has 0 amide bonds. The topological polar surface area (TPSA) is 15.3 Å². The van der Waals surface area contributed by atoms with Crippen molar-refractivity contribution < 1.29 is 4.39 Å². The van der Waals surface area contributed by atoms with Crippen molar-refractivity contribution in [1.29, 1.82) is 0 Å². The molecule has 1 unspecified atom stereocenters. The molecule has 2 nitrogen and oxygen atoms in total. The number of hydrogen-bond acceptors (Lipinski definition) is 2. The smallest absolute Gasteiger partial charge is 0.128 e. The van der Waals surface area contributed by atoms with Crippen molar-refractivity contribution in [1.82, 2.24) is 5.32 Å². The zero-order valence-corrected chi connectivity index (χ0v) is 12.3. The summed E-state index contributed by atoms with van der Waals surface area (Å²) in [6, 6.07) is 16.3. The molecule has 1 saturated heterocycles. The first kappa shape index (κ1) is 14.1. The van der Waals surface area contributed by atoms with Crippen LogP contribution in [0.25, 0.3) is 0 Å². The number of aryl methyl sites for hydroxylation is 1. The highest BCUT2D eigenvalue weighted by Crippen LogP contribution is 2.24. The van der Waals surface area contributed by atoms with E-state index >= 15 is 0 Å². The van der Waals surface area contributed by atoms with Gasteiger partial charge >= 0.3 is 0 Å². The van der Waals surface area contributed by atoms with Crippen molar-refractivity contribution in [3.8, 4) is 0 Å². The lowest BCUT2D eigenvalue weighted by atomic mass is 10.1. The Bertz CT molecular complexity index is 597. The molecule has 2 aromatic rings. The summed E-state index contributed by atoms with van der Waals surface area (Å²) in [7, 11) is 0. The highest BCUT2D eigenvalue weighted by molar-refractivity contribution is 5.48. The summed E-state index contributed by atoms with van der Waals surface area (Å²) in [5.41, 5.74) is 2.96. The second-order valence-corrected chi connectivity index (χ2v) is 5.65. The van der Waals surface area contributed by atoms with E-state index in [9.17, 15) is 4.39 Å². The third-order valence-corrected chi connectivity index (χ3v) is 4.12. The molecule has 0 bridgehead atoms. The van der Waals surface area contributed by atoms with E-state index in [-0.39, 0.29) is 11.9 Å². The Morgan fingerprint density at radius 2 is 1.95 bits per heavy atom. The second-order valence-electron chi connectivity index (χ2n) is 5.65. The molecule has 110 valence electrons. The molecule has 1 aliphatic heterocycles. The zero-order valence-electron chi connectivity index (χ0n) is 12.3. The molecule has 1 fully saturated rings. The fourth-order valence-corrected chi connectivity index (χ4v) is 2.84. The van der Waals surface area contributed by atoms with Crippen molar-refractivity contribution in [3.63, 3.8) is 0 Å². The first-order chi connectivity index (χ1) is 10.2. The Kier molecular flexibility index (Phi) is 4.20. The Labute approximate surface area is 125 Å². The van der Waals surface area contributed by atoms with Crippen LogP contribution < -0.4 is 10.2 Å². The van der Waals surface area contributed by atoms with Gasteiger partial charge in [-0.25, -0.2) is 4.39 Å². The molecule has 3 rings (SSSR count). The van der Waals surface area contributed by atoms with Gasteiger partial charge in [-0.3, -0.25) is 0 Å². The Morgan fingerprint density at radius 1 is 1.14 bits per heavy atom. The van der Waals surface area contributed by atoms with Gasteiger partial charge in [0.25, 0.3) is 0 Å². The molecule has 0 aromatic heterocycles. The van der Waals surface area contributed by atoms with Crippen LogP contribution in [0.4, 0.5) is 10.1 Å². The summed E-state index contributed by atoms with van der Waals surface area (Å²) in [5, 5.41) is 3.59. The number of hydrogen-bond donors (Lipinski definition) is 1. The van der Waals surface area contributed by atoms with Gasteiger partial charge < -0.3 is 10.2 Å². The van der Waals surface area contributed by atoms with E-state index in [0.717, 1.165) is 31.7 Å². The summed E-state index contributed by atoms with van der Waals surface area (Å²) in [6.45, 7) is 4.62. The molecule has 0 aliphatic carbocycles. The van der Waals surface area contributed by atoms with Crippen LogP contribution in [0.2, 0.25) is 0 Å². The monoisotopic (exact) mass is 284 g/mol. The van der Waals surface area contributed by atoms with Crippen LogP contribution in [-0.4, -0.2) is 19.6 Å². The molecular formula is C18H21FN2. The van der Waals surface area contributed by atoms with Gasteiger partial charge in [0.2, 0.25) is 0 Å². The summed E-state index contributed by atoms with van der Waals surface area (Å²) in [5.74, 6) is -0.124. The molecule has 0 saturated carbocycles. The van der Waals surface area contributed by atoms with Crippen LogP contribution in [0, 0.1) is 12.7 Å². The lowest BCUT2D eigenvalue weighted by Gasteiger charge is -2.27. The third-order valence-electron chi connectivity index (χ3n) is 4.12. The average molecular weight is 284 g/mol. The fourth-order valence-electron chi connectivity index (χ4n) is 2.84. The zero-order chi connectivity index (χ0) is 14.7. The molecule has 3 heteroatoms. The predicted octanol–water partition coefficient (Wildman–Crippen LogP) is 3.68. The van der Waals surface area contributed by atoms with E-state index in [0.29, 0.717) is 5.56 Å². The van der Waals surface area contributed by atoms with Crippen LogP contribution in [-0.2, 0) is 0 Å². The second kappa shape index (κ2) is 6.27. The SMILES string of the molecule is Cc1ccc(N2CCCNC(c3ccccc3)C2)cc1F. The highest BCUT2D eigenvalue weighted by Gasteiger charge is 2.19. The lowest BCUT2D eigenvalue weighted by Crippen LogP contribution is -2.31. The molecule has 1 heterocycles. The average Bonchev–Trinajstić information content (AvgIpc) is 2.77. The minimum Gasteiger partial charge on any atom is -0.369 e. The van der Waals surface area contributed by atoms with Crippen LogP contribution >= 0.6 is 0 Å². The van der Waals surface area contributed by atoms with Crippen LogP contribution in [0.15, 0.2) is 48.5 Å². The van der Waals surface area contributed by atoms with Gasteiger partial charge in [-0.1, -0.05) is 36.4 Å². The van der Waals surface area contributed by atoms with Gasteiger partial charge in [0.05, 0.1) is 0 Å². The van der Waals surface area contributed by atoms with Gasteiger partial charge in [-0.2, -0.15) is 0 Å². The molecule has 2 aromatic carbocycles. The van der Waals surface area contributed by atoms with Crippen LogP contribution in [0.1, 0.15) is 23.6 Å². The Balaban J connectivity index is 1.83. The largest absolute Gasteiger partial charge is 0.369 e. The van der Waals surface area contributed by atoms with E-state index in [1.165, 1.54) is 5.56 Å². The molecule has 0 radical (unpaired) electrons. The van der Waals surface area contributed by atoms with E-state index in [1.807, 2.05) is 18.2 Å². The summed E-state index contributed by atoms with van der Waals surface area (Å²) < 4.78 is 13.8. The summed E-state index contributed by atoms with van der Waals surface area (Å²) in [6.07, 6.45) is 1.07. The maximum Gasteiger partial charge on any atom is 0.128 e. The summed E-state index contributed by atoms with van der Waals surface area (Å²) in [4.78, 5) is 2.28. The third kappa shape index (κ3) is 3.24. The van der Waals surface area contributed by atoms with Crippen molar-refractivity contribution in [2.45, 2.75) is 19.4 Å². The Morgan fingerprint density at radius 3 is 2.71 bits per heavy atom. The number of rotatable bonds is 2. The standard InChI is InChI=1S/C18H21FN2/c1-14-8-9-16(12-17(14)19)21-11-5-10-20-18(13-21)15-6-3-2-4-7-15/h2-4,6-9,12,18,20H,5,10-11,13H2,1H3. The number of benzene rings is 2. The van der Waals surface area contributed by atoms with E-state index in [1.54, 1.807) is 13.0 Å². The normalized spacial score (nSPS) is 19.3. The van der Waals surface area contributed by atoms with E-state index in [2.05, 4.69) is 34.5 Å². The maximum absolute atomic E-state index is 13.8.